The fraction of sp³-hybridized carbons (Fsp3) is 0.542. The first-order valence-corrected chi connectivity index (χ1v) is 12.5. The summed E-state index contributed by atoms with van der Waals surface area (Å²) in [4.78, 5) is 11.7. The van der Waals surface area contributed by atoms with Crippen LogP contribution in [0.15, 0.2) is 24.5 Å². The summed E-state index contributed by atoms with van der Waals surface area (Å²) in [7, 11) is 0. The van der Waals surface area contributed by atoms with Crippen LogP contribution in [-0.2, 0) is 11.3 Å². The van der Waals surface area contributed by atoms with Crippen molar-refractivity contribution in [1.82, 2.24) is 24.6 Å². The Hall–Kier alpha value is -1.97. The molecule has 2 atom stereocenters. The van der Waals surface area contributed by atoms with Crippen molar-refractivity contribution in [1.29, 1.82) is 0 Å². The molecule has 4 heterocycles. The van der Waals surface area contributed by atoms with E-state index in [0.29, 0.717) is 34.9 Å². The maximum Gasteiger partial charge on any atom is 0.227 e. The molecule has 8 nitrogen and oxygen atoms in total. The Morgan fingerprint density at radius 2 is 1.97 bits per heavy atom. The Morgan fingerprint density at radius 1 is 1.21 bits per heavy atom. The summed E-state index contributed by atoms with van der Waals surface area (Å²) in [5, 5.41) is 19.5. The summed E-state index contributed by atoms with van der Waals surface area (Å²) in [6.07, 6.45) is 5.84. The number of fused-ring (bicyclic) bond motifs is 1. The van der Waals surface area contributed by atoms with Crippen LogP contribution in [0.2, 0.25) is 10.2 Å². The monoisotopic (exact) mass is 504 g/mol. The Balaban J connectivity index is 1.33. The van der Waals surface area contributed by atoms with E-state index in [2.05, 4.69) is 33.3 Å². The first-order valence-electron chi connectivity index (χ1n) is 11.7. The molecule has 0 saturated carbocycles. The van der Waals surface area contributed by atoms with Gasteiger partial charge in [0, 0.05) is 16.6 Å². The predicted octanol–water partition coefficient (Wildman–Crippen LogP) is 4.61. The molecule has 5 rings (SSSR count). The van der Waals surface area contributed by atoms with Crippen molar-refractivity contribution in [3.8, 4) is 0 Å². The van der Waals surface area contributed by atoms with E-state index in [4.69, 9.17) is 32.9 Å². The molecule has 0 radical (unpaired) electrons. The molecule has 34 heavy (non-hydrogen) atoms. The van der Waals surface area contributed by atoms with Crippen LogP contribution >= 0.6 is 23.2 Å². The number of nitrogens with zero attached hydrogens (tertiary/aromatic N) is 5. The highest BCUT2D eigenvalue weighted by Gasteiger charge is 2.36. The lowest BCUT2D eigenvalue weighted by molar-refractivity contribution is -0.129. The summed E-state index contributed by atoms with van der Waals surface area (Å²) < 4.78 is 7.10. The van der Waals surface area contributed by atoms with Gasteiger partial charge in [0.1, 0.15) is 0 Å². The molecule has 182 valence electrons. The molecule has 10 heteroatoms. The molecule has 0 amide bonds. The topological polar surface area (TPSA) is 88.3 Å². The van der Waals surface area contributed by atoms with Crippen LogP contribution < -0.4 is 5.32 Å². The molecule has 2 fully saturated rings. The summed E-state index contributed by atoms with van der Waals surface area (Å²) in [5.74, 6) is 0.838. The molecule has 2 aliphatic rings. The van der Waals surface area contributed by atoms with Crippen molar-refractivity contribution < 1.29 is 9.84 Å². The molecule has 2 aliphatic heterocycles. The number of aromatic nitrogens is 4. The standard InChI is InChI=1S/C24H30Cl2N6O2/c1-14-21(12-34-14)31-6-4-15(5-7-31)17-9-19-16(8-18(17)25)10-27-23(29-19)30-20-11-28-32(22(20)26)13-24(2,3)33/h8-11,14-15,21,33H,4-7,12-13H2,1-3H3,(H,27,29,30). The number of piperidine rings is 1. The molecule has 2 aromatic heterocycles. The zero-order chi connectivity index (χ0) is 24.0. The van der Waals surface area contributed by atoms with Gasteiger partial charge in [0.05, 0.1) is 48.3 Å². The van der Waals surface area contributed by atoms with E-state index >= 15 is 0 Å². The maximum absolute atomic E-state index is 10.1. The second kappa shape index (κ2) is 9.24. The van der Waals surface area contributed by atoms with Gasteiger partial charge in [-0.2, -0.15) is 5.10 Å². The van der Waals surface area contributed by atoms with E-state index in [-0.39, 0.29) is 6.54 Å². The maximum atomic E-state index is 10.1. The van der Waals surface area contributed by atoms with Crippen molar-refractivity contribution >= 4 is 45.7 Å². The van der Waals surface area contributed by atoms with Crippen LogP contribution in [0.3, 0.4) is 0 Å². The van der Waals surface area contributed by atoms with Gasteiger partial charge in [-0.05, 0) is 70.3 Å². The number of aliphatic hydroxyl groups is 1. The Labute approximate surface area is 209 Å². The molecule has 1 aromatic carbocycles. The number of hydrogen-bond acceptors (Lipinski definition) is 7. The lowest BCUT2D eigenvalue weighted by Crippen LogP contribution is -2.56. The van der Waals surface area contributed by atoms with Crippen LogP contribution in [0.1, 0.15) is 45.1 Å². The largest absolute Gasteiger partial charge is 0.389 e. The number of anilines is 2. The predicted molar refractivity (Wildman–Crippen MR) is 134 cm³/mol. The van der Waals surface area contributed by atoms with Gasteiger partial charge in [0.15, 0.2) is 5.15 Å². The molecule has 2 unspecified atom stereocenters. The molecule has 0 aliphatic carbocycles. The third-order valence-electron chi connectivity index (χ3n) is 6.77. The second-order valence-electron chi connectivity index (χ2n) is 9.99. The van der Waals surface area contributed by atoms with E-state index in [0.717, 1.165) is 54.0 Å². The quantitative estimate of drug-likeness (QED) is 0.506. The average Bonchev–Trinajstić information content (AvgIpc) is 3.10. The van der Waals surface area contributed by atoms with Crippen LogP contribution in [-0.4, -0.2) is 67.2 Å². The van der Waals surface area contributed by atoms with Crippen LogP contribution in [0, 0.1) is 0 Å². The van der Waals surface area contributed by atoms with E-state index in [1.54, 1.807) is 30.9 Å². The summed E-state index contributed by atoms with van der Waals surface area (Å²) in [6.45, 7) is 8.80. The highest BCUT2D eigenvalue weighted by molar-refractivity contribution is 6.32. The van der Waals surface area contributed by atoms with Gasteiger partial charge in [-0.15, -0.1) is 0 Å². The van der Waals surface area contributed by atoms with Gasteiger partial charge in [-0.25, -0.2) is 14.6 Å². The summed E-state index contributed by atoms with van der Waals surface area (Å²) >= 11 is 13.1. The van der Waals surface area contributed by atoms with Gasteiger partial charge >= 0.3 is 0 Å². The van der Waals surface area contributed by atoms with Gasteiger partial charge in [0.25, 0.3) is 0 Å². The van der Waals surface area contributed by atoms with Crippen molar-refractivity contribution in [3.05, 3.63) is 40.3 Å². The van der Waals surface area contributed by atoms with E-state index in [1.807, 2.05) is 6.07 Å². The Bertz CT molecular complexity index is 1190. The minimum atomic E-state index is -0.928. The Kier molecular flexibility index (Phi) is 6.46. The van der Waals surface area contributed by atoms with E-state index in [1.165, 1.54) is 0 Å². The fourth-order valence-electron chi connectivity index (χ4n) is 4.81. The molecule has 2 saturated heterocycles. The van der Waals surface area contributed by atoms with Crippen molar-refractivity contribution in [2.45, 2.75) is 63.8 Å². The third-order valence-corrected chi connectivity index (χ3v) is 7.49. The zero-order valence-corrected chi connectivity index (χ0v) is 21.1. The van der Waals surface area contributed by atoms with Gasteiger partial charge in [-0.1, -0.05) is 23.2 Å². The van der Waals surface area contributed by atoms with Crippen molar-refractivity contribution in [2.24, 2.45) is 0 Å². The van der Waals surface area contributed by atoms with Crippen LogP contribution in [0.5, 0.6) is 0 Å². The summed E-state index contributed by atoms with van der Waals surface area (Å²) in [5.41, 5.74) is 1.64. The van der Waals surface area contributed by atoms with E-state index in [9.17, 15) is 5.11 Å². The molecule has 0 bridgehead atoms. The fourth-order valence-corrected chi connectivity index (χ4v) is 5.34. The smallest absolute Gasteiger partial charge is 0.227 e. The van der Waals surface area contributed by atoms with Crippen molar-refractivity contribution in [2.75, 3.05) is 25.0 Å². The average molecular weight is 505 g/mol. The number of hydrogen-bond donors (Lipinski definition) is 2. The number of ether oxygens (including phenoxy) is 1. The summed E-state index contributed by atoms with van der Waals surface area (Å²) in [6, 6.07) is 4.60. The molecule has 2 N–H and O–H groups in total. The van der Waals surface area contributed by atoms with Gasteiger partial charge in [-0.3, -0.25) is 4.90 Å². The van der Waals surface area contributed by atoms with Gasteiger partial charge < -0.3 is 15.2 Å². The Morgan fingerprint density at radius 3 is 2.62 bits per heavy atom. The lowest BCUT2D eigenvalue weighted by Gasteiger charge is -2.45. The zero-order valence-electron chi connectivity index (χ0n) is 19.6. The molecule has 3 aromatic rings. The first kappa shape index (κ1) is 23.8. The van der Waals surface area contributed by atoms with E-state index < -0.39 is 5.60 Å². The number of benzene rings is 1. The SMILES string of the molecule is CC1OCC1N1CCC(c2cc3nc(Nc4cnn(CC(C)(C)O)c4Cl)ncc3cc2Cl)CC1. The first-order chi connectivity index (χ1) is 16.2. The second-order valence-corrected chi connectivity index (χ2v) is 10.8. The third kappa shape index (κ3) is 4.88. The molecular weight excluding hydrogens is 475 g/mol. The minimum Gasteiger partial charge on any atom is -0.389 e. The minimum absolute atomic E-state index is 0.277. The molecular formula is C24H30Cl2N6O2. The van der Waals surface area contributed by atoms with Crippen molar-refractivity contribution in [3.63, 3.8) is 0 Å². The van der Waals surface area contributed by atoms with Gasteiger partial charge in [0.2, 0.25) is 5.95 Å². The lowest BCUT2D eigenvalue weighted by atomic mass is 9.87. The highest BCUT2D eigenvalue weighted by Crippen LogP contribution is 2.37. The highest BCUT2D eigenvalue weighted by atomic mass is 35.5. The van der Waals surface area contributed by atoms with Crippen LogP contribution in [0.25, 0.3) is 10.9 Å². The molecule has 0 spiro atoms. The number of likely N-dealkylation sites (tertiary alicyclic amines) is 1. The number of rotatable bonds is 6. The normalized spacial score (nSPS) is 22.2. The number of nitrogens with one attached hydrogen (secondary N) is 1. The van der Waals surface area contributed by atoms with Crippen LogP contribution in [0.4, 0.5) is 11.6 Å². The number of halogens is 2.